The second kappa shape index (κ2) is 9.35. The maximum absolute atomic E-state index is 12.2. The van der Waals surface area contributed by atoms with Crippen molar-refractivity contribution in [1.29, 1.82) is 0 Å². The van der Waals surface area contributed by atoms with E-state index in [0.717, 1.165) is 12.8 Å². The number of rotatable bonds is 8. The van der Waals surface area contributed by atoms with Gasteiger partial charge in [-0.1, -0.05) is 39.5 Å². The molecule has 1 fully saturated rings. The molecule has 3 N–H and O–H groups in total. The molecule has 1 aliphatic rings. The quantitative estimate of drug-likeness (QED) is 0.532. The maximum Gasteiger partial charge on any atom is 0.227 e. The van der Waals surface area contributed by atoms with E-state index in [4.69, 9.17) is 10.5 Å². The van der Waals surface area contributed by atoms with Crippen molar-refractivity contribution in [3.8, 4) is 0 Å². The summed E-state index contributed by atoms with van der Waals surface area (Å²) in [6.07, 6.45) is 9.54. The molecule has 0 saturated heterocycles. The highest BCUT2D eigenvalue weighted by Crippen LogP contribution is 2.24. The predicted octanol–water partition coefficient (Wildman–Crippen LogP) is 2.61. The summed E-state index contributed by atoms with van der Waals surface area (Å²) in [5, 5.41) is 2.99. The smallest absolute Gasteiger partial charge is 0.227 e. The van der Waals surface area contributed by atoms with Gasteiger partial charge in [0.2, 0.25) is 5.91 Å². The van der Waals surface area contributed by atoms with Gasteiger partial charge in [-0.2, -0.15) is 0 Å². The van der Waals surface area contributed by atoms with Crippen molar-refractivity contribution in [2.75, 3.05) is 19.7 Å². The third-order valence-electron chi connectivity index (χ3n) is 4.77. The lowest BCUT2D eigenvalue weighted by Crippen LogP contribution is -2.46. The van der Waals surface area contributed by atoms with Crippen LogP contribution in [0.4, 0.5) is 0 Å². The molecule has 0 atom stereocenters. The van der Waals surface area contributed by atoms with Gasteiger partial charge in [0.1, 0.15) is 0 Å². The average molecular weight is 284 g/mol. The topological polar surface area (TPSA) is 64.4 Å². The minimum absolute atomic E-state index is 0.0782. The van der Waals surface area contributed by atoms with Crippen LogP contribution in [0.2, 0.25) is 0 Å². The lowest BCUT2D eigenvalue weighted by atomic mass is 9.81. The number of hydrogen-bond acceptors (Lipinski definition) is 3. The fourth-order valence-electron chi connectivity index (χ4n) is 2.94. The molecular formula is C16H32N2O2. The van der Waals surface area contributed by atoms with Crippen LogP contribution in [0.1, 0.15) is 65.2 Å². The second-order valence-corrected chi connectivity index (χ2v) is 5.93. The van der Waals surface area contributed by atoms with Crippen molar-refractivity contribution < 1.29 is 9.53 Å². The Hall–Kier alpha value is -0.610. The zero-order valence-electron chi connectivity index (χ0n) is 13.2. The Labute approximate surface area is 123 Å². The molecule has 0 heterocycles. The van der Waals surface area contributed by atoms with Gasteiger partial charge in [-0.15, -0.1) is 0 Å². The van der Waals surface area contributed by atoms with E-state index in [-0.39, 0.29) is 5.91 Å². The minimum atomic E-state index is -0.400. The summed E-state index contributed by atoms with van der Waals surface area (Å²) < 4.78 is 5.88. The molecule has 1 aliphatic carbocycles. The van der Waals surface area contributed by atoms with E-state index in [1.807, 2.05) is 13.8 Å². The lowest BCUT2D eigenvalue weighted by Gasteiger charge is -2.28. The van der Waals surface area contributed by atoms with Crippen LogP contribution in [0.15, 0.2) is 0 Å². The van der Waals surface area contributed by atoms with Crippen LogP contribution < -0.4 is 11.1 Å². The normalized spacial score (nSPS) is 17.8. The van der Waals surface area contributed by atoms with Gasteiger partial charge >= 0.3 is 0 Å². The van der Waals surface area contributed by atoms with Crippen molar-refractivity contribution >= 4 is 5.91 Å². The molecule has 4 nitrogen and oxygen atoms in total. The number of nitrogens with two attached hydrogens (primary N) is 1. The van der Waals surface area contributed by atoms with Gasteiger partial charge < -0.3 is 15.8 Å². The standard InChI is InChI=1S/C16H32N2O2/c1-3-16(4-2,13-17)15(19)18-11-12-20-14-9-7-5-6-8-10-14/h14H,3-13,17H2,1-2H3,(H,18,19). The molecule has 0 bridgehead atoms. The van der Waals surface area contributed by atoms with Crippen LogP contribution in [0.5, 0.6) is 0 Å². The Kier molecular flexibility index (Phi) is 8.15. The molecule has 118 valence electrons. The molecule has 20 heavy (non-hydrogen) atoms. The first-order valence-corrected chi connectivity index (χ1v) is 8.28. The third-order valence-corrected chi connectivity index (χ3v) is 4.77. The molecule has 0 aliphatic heterocycles. The fraction of sp³-hybridized carbons (Fsp3) is 0.938. The van der Waals surface area contributed by atoms with E-state index in [1.165, 1.54) is 38.5 Å². The van der Waals surface area contributed by atoms with E-state index in [2.05, 4.69) is 5.32 Å². The summed E-state index contributed by atoms with van der Waals surface area (Å²) in [4.78, 5) is 12.2. The first-order valence-electron chi connectivity index (χ1n) is 8.28. The molecule has 1 saturated carbocycles. The Morgan fingerprint density at radius 1 is 1.20 bits per heavy atom. The third kappa shape index (κ3) is 5.06. The van der Waals surface area contributed by atoms with E-state index in [0.29, 0.717) is 25.8 Å². The number of hydrogen-bond donors (Lipinski definition) is 2. The highest BCUT2D eigenvalue weighted by molar-refractivity contribution is 5.82. The predicted molar refractivity (Wildman–Crippen MR) is 82.5 cm³/mol. The lowest BCUT2D eigenvalue weighted by molar-refractivity contribution is -0.131. The SMILES string of the molecule is CCC(CC)(CN)C(=O)NCCOC1CCCCCC1. The van der Waals surface area contributed by atoms with Crippen LogP contribution in [0.3, 0.4) is 0 Å². The summed E-state index contributed by atoms with van der Waals surface area (Å²) in [6.45, 7) is 5.67. The van der Waals surface area contributed by atoms with Crippen molar-refractivity contribution in [3.63, 3.8) is 0 Å². The highest BCUT2D eigenvalue weighted by atomic mass is 16.5. The summed E-state index contributed by atoms with van der Waals surface area (Å²) >= 11 is 0. The molecule has 0 radical (unpaired) electrons. The van der Waals surface area contributed by atoms with Crippen molar-refractivity contribution in [2.45, 2.75) is 71.3 Å². The second-order valence-electron chi connectivity index (χ2n) is 5.93. The van der Waals surface area contributed by atoms with Crippen LogP contribution in [-0.2, 0) is 9.53 Å². The Balaban J connectivity index is 2.24. The van der Waals surface area contributed by atoms with Crippen molar-refractivity contribution in [2.24, 2.45) is 11.1 Å². The molecule has 0 aromatic carbocycles. The Morgan fingerprint density at radius 2 is 1.80 bits per heavy atom. The van der Waals surface area contributed by atoms with Gasteiger partial charge in [-0.05, 0) is 25.7 Å². The zero-order valence-corrected chi connectivity index (χ0v) is 13.2. The first kappa shape index (κ1) is 17.4. The van der Waals surface area contributed by atoms with Crippen LogP contribution >= 0.6 is 0 Å². The molecule has 0 unspecified atom stereocenters. The summed E-state index contributed by atoms with van der Waals surface area (Å²) in [6, 6.07) is 0. The fourth-order valence-corrected chi connectivity index (χ4v) is 2.94. The molecule has 4 heteroatoms. The minimum Gasteiger partial charge on any atom is -0.376 e. The van der Waals surface area contributed by atoms with E-state index >= 15 is 0 Å². The Bertz CT molecular complexity index is 261. The van der Waals surface area contributed by atoms with Crippen LogP contribution in [0.25, 0.3) is 0 Å². The van der Waals surface area contributed by atoms with Crippen molar-refractivity contribution in [3.05, 3.63) is 0 Å². The van der Waals surface area contributed by atoms with Gasteiger partial charge in [0.25, 0.3) is 0 Å². The van der Waals surface area contributed by atoms with Gasteiger partial charge in [0, 0.05) is 13.1 Å². The average Bonchev–Trinajstić information content (AvgIpc) is 2.75. The van der Waals surface area contributed by atoms with Crippen LogP contribution in [0, 0.1) is 5.41 Å². The molecule has 0 spiro atoms. The molecule has 0 aromatic rings. The number of ether oxygens (including phenoxy) is 1. The highest BCUT2D eigenvalue weighted by Gasteiger charge is 2.32. The van der Waals surface area contributed by atoms with Gasteiger partial charge in [-0.25, -0.2) is 0 Å². The number of carbonyl (C=O) groups excluding carboxylic acids is 1. The molecule has 0 aromatic heterocycles. The number of nitrogens with one attached hydrogen (secondary N) is 1. The number of carbonyl (C=O) groups is 1. The first-order chi connectivity index (χ1) is 9.68. The summed E-state index contributed by atoms with van der Waals surface area (Å²) in [5.74, 6) is 0.0782. The van der Waals surface area contributed by atoms with Gasteiger partial charge in [-0.3, -0.25) is 4.79 Å². The van der Waals surface area contributed by atoms with Crippen LogP contribution in [-0.4, -0.2) is 31.7 Å². The number of amides is 1. The molecule has 1 amide bonds. The summed E-state index contributed by atoms with van der Waals surface area (Å²) in [5.41, 5.74) is 5.38. The van der Waals surface area contributed by atoms with Gasteiger partial charge in [0.05, 0.1) is 18.1 Å². The maximum atomic E-state index is 12.2. The monoisotopic (exact) mass is 284 g/mol. The summed E-state index contributed by atoms with van der Waals surface area (Å²) in [7, 11) is 0. The van der Waals surface area contributed by atoms with Crippen molar-refractivity contribution in [1.82, 2.24) is 5.32 Å². The van der Waals surface area contributed by atoms with E-state index in [9.17, 15) is 4.79 Å². The van der Waals surface area contributed by atoms with Gasteiger partial charge in [0.15, 0.2) is 0 Å². The van der Waals surface area contributed by atoms with E-state index < -0.39 is 5.41 Å². The van der Waals surface area contributed by atoms with E-state index in [1.54, 1.807) is 0 Å². The molecular weight excluding hydrogens is 252 g/mol. The molecule has 1 rings (SSSR count). The largest absolute Gasteiger partial charge is 0.376 e. The zero-order chi connectivity index (χ0) is 14.8. The Morgan fingerprint density at radius 3 is 2.30 bits per heavy atom.